The first kappa shape index (κ1) is 18.2. The molecule has 0 saturated carbocycles. The van der Waals surface area contributed by atoms with E-state index in [4.69, 9.17) is 0 Å². The number of carbonyl (C=O) groups excluding carboxylic acids is 1. The quantitative estimate of drug-likeness (QED) is 0.682. The predicted molar refractivity (Wildman–Crippen MR) is 105 cm³/mol. The van der Waals surface area contributed by atoms with E-state index in [9.17, 15) is 13.2 Å². The Morgan fingerprint density at radius 1 is 1.00 bits per heavy atom. The summed E-state index contributed by atoms with van der Waals surface area (Å²) in [5.74, 6) is -0.297. The number of amides is 1. The molecule has 0 aliphatic heterocycles. The summed E-state index contributed by atoms with van der Waals surface area (Å²) in [6.07, 6.45) is 0. The fraction of sp³-hybridized carbons (Fsp3) is 0.105. The van der Waals surface area contributed by atoms with E-state index in [0.717, 1.165) is 28.2 Å². The molecule has 0 bridgehead atoms. The fourth-order valence-electron chi connectivity index (χ4n) is 2.49. The van der Waals surface area contributed by atoms with Crippen LogP contribution in [0.15, 0.2) is 64.2 Å². The molecule has 0 saturated heterocycles. The van der Waals surface area contributed by atoms with E-state index in [1.165, 1.54) is 12.1 Å². The molecule has 134 valence electrons. The third-order valence-electron chi connectivity index (χ3n) is 3.77. The van der Waals surface area contributed by atoms with Crippen LogP contribution < -0.4 is 10.0 Å². The van der Waals surface area contributed by atoms with E-state index in [1.54, 1.807) is 29.6 Å². The summed E-state index contributed by atoms with van der Waals surface area (Å²) >= 11 is 1.13. The van der Waals surface area contributed by atoms with Gasteiger partial charge in [-0.05, 0) is 55.1 Å². The van der Waals surface area contributed by atoms with Crippen molar-refractivity contribution in [3.05, 3.63) is 76.7 Å². The van der Waals surface area contributed by atoms with Gasteiger partial charge in [0.15, 0.2) is 0 Å². The highest BCUT2D eigenvalue weighted by Gasteiger charge is 2.16. The molecule has 3 rings (SSSR count). The molecule has 0 atom stereocenters. The number of rotatable bonds is 5. The lowest BCUT2D eigenvalue weighted by atomic mass is 10.1. The second kappa shape index (κ2) is 7.31. The third-order valence-corrected chi connectivity index (χ3v) is 6.55. The van der Waals surface area contributed by atoms with E-state index in [0.29, 0.717) is 11.3 Å². The van der Waals surface area contributed by atoms with Gasteiger partial charge in [0.25, 0.3) is 15.9 Å². The molecule has 0 aliphatic carbocycles. The topological polar surface area (TPSA) is 75.3 Å². The highest BCUT2D eigenvalue weighted by molar-refractivity contribution is 7.94. The zero-order valence-electron chi connectivity index (χ0n) is 14.3. The van der Waals surface area contributed by atoms with Gasteiger partial charge in [-0.1, -0.05) is 29.8 Å². The van der Waals surface area contributed by atoms with Crippen LogP contribution in [0.25, 0.3) is 0 Å². The van der Waals surface area contributed by atoms with Crippen LogP contribution >= 0.6 is 11.3 Å². The molecular formula is C19H18N2O3S2. The van der Waals surface area contributed by atoms with Gasteiger partial charge in [-0.25, -0.2) is 8.42 Å². The lowest BCUT2D eigenvalue weighted by Crippen LogP contribution is -2.15. The Kier molecular flexibility index (Phi) is 5.11. The molecule has 0 spiro atoms. The third kappa shape index (κ3) is 4.12. The summed E-state index contributed by atoms with van der Waals surface area (Å²) in [6, 6.07) is 15.4. The molecule has 26 heavy (non-hydrogen) atoms. The highest BCUT2D eigenvalue weighted by atomic mass is 32.2. The molecule has 3 aromatic rings. The molecule has 1 heterocycles. The van der Waals surface area contributed by atoms with Crippen LogP contribution in [0.3, 0.4) is 0 Å². The average Bonchev–Trinajstić information content (AvgIpc) is 3.13. The Hall–Kier alpha value is -2.64. The van der Waals surface area contributed by atoms with Crippen LogP contribution in [-0.2, 0) is 10.0 Å². The molecular weight excluding hydrogens is 368 g/mol. The summed E-state index contributed by atoms with van der Waals surface area (Å²) in [4.78, 5) is 12.5. The van der Waals surface area contributed by atoms with E-state index in [1.807, 2.05) is 32.0 Å². The number of hydrogen-bond donors (Lipinski definition) is 2. The first-order valence-corrected chi connectivity index (χ1v) is 10.3. The van der Waals surface area contributed by atoms with Crippen molar-refractivity contribution in [2.24, 2.45) is 0 Å². The maximum absolute atomic E-state index is 12.5. The van der Waals surface area contributed by atoms with Crippen molar-refractivity contribution in [2.45, 2.75) is 18.1 Å². The average molecular weight is 386 g/mol. The minimum atomic E-state index is -3.65. The predicted octanol–water partition coefficient (Wildman–Crippen LogP) is 4.42. The normalized spacial score (nSPS) is 11.2. The number of carbonyl (C=O) groups is 1. The molecule has 0 fully saturated rings. The minimum Gasteiger partial charge on any atom is -0.322 e. The Morgan fingerprint density at radius 3 is 2.50 bits per heavy atom. The van der Waals surface area contributed by atoms with Crippen molar-refractivity contribution in [3.8, 4) is 0 Å². The summed E-state index contributed by atoms with van der Waals surface area (Å²) in [7, 11) is -3.65. The zero-order chi connectivity index (χ0) is 18.7. The number of benzene rings is 2. The van der Waals surface area contributed by atoms with Gasteiger partial charge in [-0.15, -0.1) is 11.3 Å². The standard InChI is InChI=1S/C19H18N2O3S2/c1-13-8-9-17(14(2)11-13)20-19(22)15-5-3-6-16(12-15)21-26(23,24)18-7-4-10-25-18/h3-12,21H,1-2H3,(H,20,22). The molecule has 0 aliphatic rings. The molecule has 0 unspecified atom stereocenters. The smallest absolute Gasteiger partial charge is 0.271 e. The lowest BCUT2D eigenvalue weighted by molar-refractivity contribution is 0.102. The number of thiophene rings is 1. The van der Waals surface area contributed by atoms with Crippen LogP contribution in [0.2, 0.25) is 0 Å². The molecule has 2 N–H and O–H groups in total. The maximum Gasteiger partial charge on any atom is 0.271 e. The van der Waals surface area contributed by atoms with Gasteiger partial charge >= 0.3 is 0 Å². The first-order chi connectivity index (χ1) is 12.3. The SMILES string of the molecule is Cc1ccc(NC(=O)c2cccc(NS(=O)(=O)c3cccs3)c2)c(C)c1. The molecule has 2 aromatic carbocycles. The van der Waals surface area contributed by atoms with Crippen LogP contribution in [-0.4, -0.2) is 14.3 Å². The van der Waals surface area contributed by atoms with Gasteiger partial charge in [0.1, 0.15) is 4.21 Å². The molecule has 1 amide bonds. The van der Waals surface area contributed by atoms with Crippen LogP contribution in [0.4, 0.5) is 11.4 Å². The van der Waals surface area contributed by atoms with E-state index >= 15 is 0 Å². The Bertz CT molecular complexity index is 1040. The number of aryl methyl sites for hydroxylation is 2. The zero-order valence-corrected chi connectivity index (χ0v) is 15.9. The number of hydrogen-bond acceptors (Lipinski definition) is 4. The highest BCUT2D eigenvalue weighted by Crippen LogP contribution is 2.22. The van der Waals surface area contributed by atoms with E-state index in [-0.39, 0.29) is 10.1 Å². The van der Waals surface area contributed by atoms with Gasteiger partial charge in [0.05, 0.1) is 0 Å². The van der Waals surface area contributed by atoms with Gasteiger partial charge in [0.2, 0.25) is 0 Å². The monoisotopic (exact) mass is 386 g/mol. The summed E-state index contributed by atoms with van der Waals surface area (Å²) < 4.78 is 27.3. The van der Waals surface area contributed by atoms with Gasteiger partial charge in [-0.3, -0.25) is 9.52 Å². The van der Waals surface area contributed by atoms with E-state index in [2.05, 4.69) is 10.0 Å². The second-order valence-corrected chi connectivity index (χ2v) is 8.75. The largest absolute Gasteiger partial charge is 0.322 e. The maximum atomic E-state index is 12.5. The summed E-state index contributed by atoms with van der Waals surface area (Å²) in [5, 5.41) is 4.55. The van der Waals surface area contributed by atoms with Crippen LogP contribution in [0.5, 0.6) is 0 Å². The van der Waals surface area contributed by atoms with Crippen molar-refractivity contribution in [1.29, 1.82) is 0 Å². The van der Waals surface area contributed by atoms with Crippen molar-refractivity contribution >= 4 is 38.6 Å². The summed E-state index contributed by atoms with van der Waals surface area (Å²) in [6.45, 7) is 3.91. The Morgan fingerprint density at radius 2 is 1.81 bits per heavy atom. The minimum absolute atomic E-state index is 0.225. The van der Waals surface area contributed by atoms with Crippen molar-refractivity contribution in [2.75, 3.05) is 10.0 Å². The van der Waals surface area contributed by atoms with Crippen molar-refractivity contribution in [3.63, 3.8) is 0 Å². The van der Waals surface area contributed by atoms with Crippen LogP contribution in [0, 0.1) is 13.8 Å². The molecule has 1 aromatic heterocycles. The molecule has 5 nitrogen and oxygen atoms in total. The second-order valence-electron chi connectivity index (χ2n) is 5.89. The molecule has 0 radical (unpaired) electrons. The Labute approximate surface area is 156 Å². The molecule has 7 heteroatoms. The Balaban J connectivity index is 1.79. The first-order valence-electron chi connectivity index (χ1n) is 7.90. The van der Waals surface area contributed by atoms with Gasteiger partial charge < -0.3 is 5.32 Å². The van der Waals surface area contributed by atoms with Gasteiger partial charge in [-0.2, -0.15) is 0 Å². The summed E-state index contributed by atoms with van der Waals surface area (Å²) in [5.41, 5.74) is 3.52. The van der Waals surface area contributed by atoms with Crippen LogP contribution in [0.1, 0.15) is 21.5 Å². The number of sulfonamides is 1. The fourth-order valence-corrected chi connectivity index (χ4v) is 4.54. The van der Waals surface area contributed by atoms with Crippen molar-refractivity contribution in [1.82, 2.24) is 0 Å². The van der Waals surface area contributed by atoms with E-state index < -0.39 is 10.0 Å². The number of nitrogens with one attached hydrogen (secondary N) is 2. The lowest BCUT2D eigenvalue weighted by Gasteiger charge is -2.11. The van der Waals surface area contributed by atoms with Gasteiger partial charge in [0, 0.05) is 16.9 Å². The number of anilines is 2. The van der Waals surface area contributed by atoms with Crippen molar-refractivity contribution < 1.29 is 13.2 Å².